The Kier molecular flexibility index (Phi) is 2.83. The first-order valence-corrected chi connectivity index (χ1v) is 5.55. The number of amides is 2. The van der Waals surface area contributed by atoms with E-state index in [0.29, 0.717) is 18.8 Å². The highest BCUT2D eigenvalue weighted by atomic mass is 16.2. The predicted molar refractivity (Wildman–Crippen MR) is 62.4 cm³/mol. The fourth-order valence-electron chi connectivity index (χ4n) is 1.88. The first-order chi connectivity index (χ1) is 8.03. The van der Waals surface area contributed by atoms with Crippen LogP contribution in [0.2, 0.25) is 0 Å². The van der Waals surface area contributed by atoms with Crippen LogP contribution in [0.3, 0.4) is 0 Å². The van der Waals surface area contributed by atoms with Crippen molar-refractivity contribution in [2.45, 2.75) is 19.4 Å². The van der Waals surface area contributed by atoms with Crippen LogP contribution in [0, 0.1) is 0 Å². The van der Waals surface area contributed by atoms with Crippen molar-refractivity contribution in [1.29, 1.82) is 0 Å². The zero-order chi connectivity index (χ0) is 12.5. The van der Waals surface area contributed by atoms with Gasteiger partial charge in [0.05, 0.1) is 0 Å². The van der Waals surface area contributed by atoms with E-state index in [1.54, 1.807) is 43.1 Å². The first kappa shape index (κ1) is 11.6. The number of nitrogens with one attached hydrogen (secondary N) is 1. The number of carbonyl (C=O) groups excluding carboxylic acids is 2. The normalized spacial score (nSPS) is 18.7. The van der Waals surface area contributed by atoms with Crippen molar-refractivity contribution in [2.24, 2.45) is 0 Å². The summed E-state index contributed by atoms with van der Waals surface area (Å²) in [7, 11) is 0. The molecule has 0 unspecified atom stereocenters. The lowest BCUT2D eigenvalue weighted by Gasteiger charge is -2.40. The van der Waals surface area contributed by atoms with Gasteiger partial charge in [-0.1, -0.05) is 6.07 Å². The minimum atomic E-state index is -0.827. The average Bonchev–Trinajstić information content (AvgIpc) is 2.33. The fraction of sp³-hybridized carbons (Fsp3) is 0.417. The summed E-state index contributed by atoms with van der Waals surface area (Å²) in [5.74, 6) is -0.335. The van der Waals surface area contributed by atoms with E-state index >= 15 is 0 Å². The Labute approximate surface area is 99.8 Å². The highest BCUT2D eigenvalue weighted by Gasteiger charge is 2.40. The maximum absolute atomic E-state index is 12.2. The maximum atomic E-state index is 12.2. The molecule has 2 heterocycles. The Morgan fingerprint density at radius 2 is 2.24 bits per heavy atom. The molecule has 1 aromatic rings. The van der Waals surface area contributed by atoms with Gasteiger partial charge in [0.15, 0.2) is 0 Å². The number of aromatic nitrogens is 1. The molecule has 0 bridgehead atoms. The Hall–Kier alpha value is -1.91. The van der Waals surface area contributed by atoms with Crippen LogP contribution in [0.4, 0.5) is 0 Å². The maximum Gasteiger partial charge on any atom is 0.273 e. The molecule has 0 aliphatic carbocycles. The van der Waals surface area contributed by atoms with Crippen LogP contribution < -0.4 is 5.32 Å². The molecule has 1 N–H and O–H groups in total. The largest absolute Gasteiger partial charge is 0.352 e. The number of nitrogens with zero attached hydrogens (tertiary/aromatic N) is 2. The summed E-state index contributed by atoms with van der Waals surface area (Å²) in [6.07, 6.45) is 1.57. The number of rotatable bonds is 1. The summed E-state index contributed by atoms with van der Waals surface area (Å²) >= 11 is 0. The van der Waals surface area contributed by atoms with Crippen LogP contribution >= 0.6 is 0 Å². The lowest BCUT2D eigenvalue weighted by Crippen LogP contribution is -2.63. The minimum Gasteiger partial charge on any atom is -0.352 e. The van der Waals surface area contributed by atoms with E-state index in [0.717, 1.165) is 0 Å². The van der Waals surface area contributed by atoms with Gasteiger partial charge in [0.1, 0.15) is 11.2 Å². The molecule has 90 valence electrons. The highest BCUT2D eigenvalue weighted by Crippen LogP contribution is 2.19. The SMILES string of the molecule is CC1(C)C(=O)NCCN1C(=O)c1ccccn1. The second-order valence-electron chi connectivity index (χ2n) is 4.49. The van der Waals surface area contributed by atoms with Crippen molar-refractivity contribution < 1.29 is 9.59 Å². The van der Waals surface area contributed by atoms with Crippen LogP contribution in [-0.4, -0.2) is 40.3 Å². The minimum absolute atomic E-state index is 0.131. The Morgan fingerprint density at radius 3 is 2.88 bits per heavy atom. The van der Waals surface area contributed by atoms with Gasteiger partial charge in [0.2, 0.25) is 5.91 Å². The lowest BCUT2D eigenvalue weighted by molar-refractivity contribution is -0.133. The van der Waals surface area contributed by atoms with Gasteiger partial charge >= 0.3 is 0 Å². The molecule has 1 aromatic heterocycles. The monoisotopic (exact) mass is 233 g/mol. The molecule has 2 rings (SSSR count). The van der Waals surface area contributed by atoms with Gasteiger partial charge in [-0.05, 0) is 26.0 Å². The molecule has 5 heteroatoms. The van der Waals surface area contributed by atoms with Gasteiger partial charge in [0, 0.05) is 19.3 Å². The summed E-state index contributed by atoms with van der Waals surface area (Å²) in [6.45, 7) is 4.47. The third-order valence-corrected chi connectivity index (χ3v) is 2.98. The molecule has 0 aromatic carbocycles. The molecule has 0 spiro atoms. The van der Waals surface area contributed by atoms with E-state index < -0.39 is 5.54 Å². The molecule has 1 aliphatic rings. The number of pyridine rings is 1. The summed E-state index contributed by atoms with van der Waals surface area (Å²) in [5, 5.41) is 2.76. The second-order valence-corrected chi connectivity index (χ2v) is 4.49. The molecule has 17 heavy (non-hydrogen) atoms. The van der Waals surface area contributed by atoms with Crippen LogP contribution in [0.15, 0.2) is 24.4 Å². The lowest BCUT2D eigenvalue weighted by atomic mass is 9.98. The predicted octanol–water partition coefficient (Wildman–Crippen LogP) is 0.432. The zero-order valence-electron chi connectivity index (χ0n) is 9.93. The number of hydrogen-bond acceptors (Lipinski definition) is 3. The first-order valence-electron chi connectivity index (χ1n) is 5.55. The molecule has 1 fully saturated rings. The van der Waals surface area contributed by atoms with Gasteiger partial charge in [0.25, 0.3) is 5.91 Å². The zero-order valence-corrected chi connectivity index (χ0v) is 9.93. The van der Waals surface area contributed by atoms with Crippen molar-refractivity contribution in [3.05, 3.63) is 30.1 Å². The summed E-state index contributed by atoms with van der Waals surface area (Å²) in [6, 6.07) is 5.17. The van der Waals surface area contributed by atoms with Gasteiger partial charge < -0.3 is 10.2 Å². The van der Waals surface area contributed by atoms with Crippen molar-refractivity contribution in [3.8, 4) is 0 Å². The number of hydrogen-bond donors (Lipinski definition) is 1. The van der Waals surface area contributed by atoms with E-state index in [1.807, 2.05) is 0 Å². The Bertz CT molecular complexity index is 442. The smallest absolute Gasteiger partial charge is 0.273 e. The molecule has 5 nitrogen and oxygen atoms in total. The summed E-state index contributed by atoms with van der Waals surface area (Å²) in [5.41, 5.74) is -0.456. The van der Waals surface area contributed by atoms with Crippen molar-refractivity contribution in [2.75, 3.05) is 13.1 Å². The summed E-state index contributed by atoms with van der Waals surface area (Å²) < 4.78 is 0. The molecule has 0 saturated carbocycles. The molecular weight excluding hydrogens is 218 g/mol. The van der Waals surface area contributed by atoms with Crippen LogP contribution in [0.1, 0.15) is 24.3 Å². The van der Waals surface area contributed by atoms with Crippen LogP contribution in [0.5, 0.6) is 0 Å². The Morgan fingerprint density at radius 1 is 1.47 bits per heavy atom. The highest BCUT2D eigenvalue weighted by molar-refractivity contribution is 5.98. The van der Waals surface area contributed by atoms with E-state index in [4.69, 9.17) is 0 Å². The molecule has 1 aliphatic heterocycles. The molecule has 0 atom stereocenters. The van der Waals surface area contributed by atoms with Crippen LogP contribution in [0.25, 0.3) is 0 Å². The quantitative estimate of drug-likeness (QED) is 0.765. The van der Waals surface area contributed by atoms with Gasteiger partial charge in [-0.2, -0.15) is 0 Å². The van der Waals surface area contributed by atoms with E-state index in [2.05, 4.69) is 10.3 Å². The van der Waals surface area contributed by atoms with E-state index in [-0.39, 0.29) is 11.8 Å². The fourth-order valence-corrected chi connectivity index (χ4v) is 1.88. The van der Waals surface area contributed by atoms with Crippen molar-refractivity contribution in [3.63, 3.8) is 0 Å². The van der Waals surface area contributed by atoms with Gasteiger partial charge in [-0.25, -0.2) is 0 Å². The second kappa shape index (κ2) is 4.16. The molecular formula is C12H15N3O2. The standard InChI is InChI=1S/C12H15N3O2/c1-12(2)11(17)14-7-8-15(12)10(16)9-5-3-4-6-13-9/h3-6H,7-8H2,1-2H3,(H,14,17). The topological polar surface area (TPSA) is 62.3 Å². The number of piperazine rings is 1. The van der Waals surface area contributed by atoms with E-state index in [9.17, 15) is 9.59 Å². The molecule has 2 amide bonds. The third kappa shape index (κ3) is 2.00. The van der Waals surface area contributed by atoms with E-state index in [1.165, 1.54) is 0 Å². The Balaban J connectivity index is 2.28. The average molecular weight is 233 g/mol. The summed E-state index contributed by atoms with van der Waals surface area (Å²) in [4.78, 5) is 29.6. The number of carbonyl (C=O) groups is 2. The van der Waals surface area contributed by atoms with Crippen molar-refractivity contribution >= 4 is 11.8 Å². The van der Waals surface area contributed by atoms with Gasteiger partial charge in [-0.15, -0.1) is 0 Å². The molecule has 1 saturated heterocycles. The van der Waals surface area contributed by atoms with Crippen molar-refractivity contribution in [1.82, 2.24) is 15.2 Å². The van der Waals surface area contributed by atoms with Crippen LogP contribution in [-0.2, 0) is 4.79 Å². The molecule has 0 radical (unpaired) electrons. The third-order valence-electron chi connectivity index (χ3n) is 2.98. The van der Waals surface area contributed by atoms with Gasteiger partial charge in [-0.3, -0.25) is 14.6 Å².